The molecule has 4 nitrogen and oxygen atoms in total. The molecular formula is N2O2Zn. The monoisotopic (exact) mass is 124 g/mol. The second kappa shape index (κ2) is 3.98. The van der Waals surface area contributed by atoms with Crippen LogP contribution in [0.25, 0.3) is 0 Å². The van der Waals surface area contributed by atoms with E-state index in [-0.39, 0.29) is 25.0 Å². The number of rotatable bonds is 0. The summed E-state index contributed by atoms with van der Waals surface area (Å²) in [5.41, 5.74) is 0. The maximum Gasteiger partial charge on any atom is 2.00 e. The van der Waals surface area contributed by atoms with Crippen molar-refractivity contribution in [1.29, 1.82) is 0 Å². The Morgan fingerprint density at radius 3 is 1.40 bits per heavy atom. The summed E-state index contributed by atoms with van der Waals surface area (Å²) in [4.78, 5) is 3.75. The predicted octanol–water partition coefficient (Wildman–Crippen LogP) is 0.177. The minimum Gasteiger partial charge on any atom is -2.00 e. The standard InChI is InChI=1S/N2O.O.Zn/c1-2-3-1;;/q;-2;+2. The van der Waals surface area contributed by atoms with Crippen LogP contribution in [0, 0.1) is 0 Å². The largest absolute Gasteiger partial charge is 2.00 e. The van der Waals surface area contributed by atoms with Gasteiger partial charge in [-0.25, -0.2) is 0 Å². The van der Waals surface area contributed by atoms with Crippen molar-refractivity contribution in [3.05, 3.63) is 0 Å². The first kappa shape index (κ1) is 8.88. The van der Waals surface area contributed by atoms with Crippen molar-refractivity contribution in [2.45, 2.75) is 0 Å². The summed E-state index contributed by atoms with van der Waals surface area (Å²) >= 11 is 0. The molecule has 0 unspecified atom stereocenters. The average molecular weight is 125 g/mol. The molecule has 0 N–H and O–H groups in total. The first-order valence-corrected chi connectivity index (χ1v) is 0.565. The fraction of sp³-hybridized carbons (Fsp3) is 0. The molecule has 0 amide bonds. The zero-order valence-corrected chi connectivity index (χ0v) is 5.39. The van der Waals surface area contributed by atoms with E-state index in [0.717, 1.165) is 0 Å². The van der Waals surface area contributed by atoms with Gasteiger partial charge in [-0.2, -0.15) is 4.94 Å². The zero-order valence-electron chi connectivity index (χ0n) is 2.42. The van der Waals surface area contributed by atoms with Crippen molar-refractivity contribution in [3.8, 4) is 0 Å². The summed E-state index contributed by atoms with van der Waals surface area (Å²) < 4.78 is 0. The predicted molar refractivity (Wildman–Crippen MR) is 6.63 cm³/mol. The second-order valence-corrected chi connectivity index (χ2v) is 0.245. The molecule has 1 aliphatic heterocycles. The molecule has 0 aromatic heterocycles. The molecule has 24 valence electrons. The summed E-state index contributed by atoms with van der Waals surface area (Å²) in [6.07, 6.45) is 0. The molecule has 0 spiro atoms. The van der Waals surface area contributed by atoms with Gasteiger partial charge in [0.05, 0.1) is 10.6 Å². The smallest absolute Gasteiger partial charge is 2.00 e. The van der Waals surface area contributed by atoms with Crippen molar-refractivity contribution in [3.63, 3.8) is 0 Å². The molecule has 0 atom stereocenters. The number of hydrogen-bond acceptors (Lipinski definition) is 3. The minimum atomic E-state index is 0. The van der Waals surface area contributed by atoms with Gasteiger partial charge in [0.1, 0.15) is 0 Å². The molecule has 0 aromatic carbocycles. The quantitative estimate of drug-likeness (QED) is 0.426. The van der Waals surface area contributed by atoms with Crippen LogP contribution in [0.15, 0.2) is 10.6 Å². The van der Waals surface area contributed by atoms with E-state index in [2.05, 4.69) is 15.5 Å². The Bertz CT molecular complexity index is 30.6. The molecule has 0 saturated heterocycles. The topological polar surface area (TPSA) is 65.8 Å². The van der Waals surface area contributed by atoms with Crippen molar-refractivity contribution in [2.75, 3.05) is 0 Å². The molecule has 1 heterocycles. The van der Waals surface area contributed by atoms with Crippen molar-refractivity contribution >= 4 is 0 Å². The van der Waals surface area contributed by atoms with Crippen LogP contribution in [0.4, 0.5) is 0 Å². The Balaban J connectivity index is 0. The number of nitrogens with zero attached hydrogens (tertiary/aromatic N) is 2. The molecule has 0 aromatic rings. The van der Waals surface area contributed by atoms with Gasteiger partial charge < -0.3 is 5.48 Å². The Morgan fingerprint density at radius 1 is 1.20 bits per heavy atom. The van der Waals surface area contributed by atoms with Gasteiger partial charge in [0, 0.05) is 0 Å². The zero-order chi connectivity index (χ0) is 2.12. The van der Waals surface area contributed by atoms with Gasteiger partial charge in [-0.05, 0) is 0 Å². The molecule has 5 heteroatoms. The summed E-state index contributed by atoms with van der Waals surface area (Å²) in [6, 6.07) is 0. The molecule has 0 radical (unpaired) electrons. The Hall–Kier alpha value is -0.0166. The van der Waals surface area contributed by atoms with Crippen molar-refractivity contribution < 1.29 is 29.9 Å². The third kappa shape index (κ3) is 16.2. The molecule has 0 fully saturated rings. The Morgan fingerprint density at radius 2 is 1.40 bits per heavy atom. The maximum atomic E-state index is 3.75. The summed E-state index contributed by atoms with van der Waals surface area (Å²) in [5, 5.41) is 5.75. The normalized spacial score (nSPS) is 9.60. The van der Waals surface area contributed by atoms with E-state index in [9.17, 15) is 0 Å². The summed E-state index contributed by atoms with van der Waals surface area (Å²) in [7, 11) is 0. The van der Waals surface area contributed by atoms with Gasteiger partial charge in [-0.3, -0.25) is 0 Å². The van der Waals surface area contributed by atoms with E-state index in [0.29, 0.717) is 0 Å². The fourth-order valence-electron chi connectivity index (χ4n) is 0. The maximum absolute atomic E-state index is 3.75. The van der Waals surface area contributed by atoms with Crippen LogP contribution < -0.4 is 0 Å². The molecule has 5 heavy (non-hydrogen) atoms. The van der Waals surface area contributed by atoms with Crippen molar-refractivity contribution in [2.24, 2.45) is 10.6 Å². The van der Waals surface area contributed by atoms with Crippen LogP contribution in [-0.4, -0.2) is 0 Å². The SMILES string of the molecule is N1=NO1.[O-2].[Zn+2]. The summed E-state index contributed by atoms with van der Waals surface area (Å²) in [5.74, 6) is 0. The van der Waals surface area contributed by atoms with Crippen LogP contribution in [0.1, 0.15) is 0 Å². The molecule has 1 aliphatic rings. The second-order valence-electron chi connectivity index (χ2n) is 0.245. The van der Waals surface area contributed by atoms with Gasteiger partial charge in [-0.15, -0.1) is 0 Å². The first-order chi connectivity index (χ1) is 1.50. The summed E-state index contributed by atoms with van der Waals surface area (Å²) in [6.45, 7) is 0. The van der Waals surface area contributed by atoms with E-state index in [1.807, 2.05) is 0 Å². The average Bonchev–Trinajstić information content (AvgIpc) is 1.46. The van der Waals surface area contributed by atoms with Gasteiger partial charge in [0.15, 0.2) is 0 Å². The van der Waals surface area contributed by atoms with E-state index in [1.54, 1.807) is 0 Å². The van der Waals surface area contributed by atoms with E-state index in [1.165, 1.54) is 0 Å². The van der Waals surface area contributed by atoms with E-state index >= 15 is 0 Å². The van der Waals surface area contributed by atoms with Gasteiger partial charge in [0.2, 0.25) is 0 Å². The minimum absolute atomic E-state index is 0. The van der Waals surface area contributed by atoms with Crippen LogP contribution >= 0.6 is 0 Å². The third-order valence-corrected chi connectivity index (χ3v) is 0.0816. The molecule has 1 rings (SSSR count). The first-order valence-electron chi connectivity index (χ1n) is 0.565. The van der Waals surface area contributed by atoms with Crippen LogP contribution in [0.5, 0.6) is 0 Å². The Labute approximate surface area is 41.2 Å². The van der Waals surface area contributed by atoms with Crippen molar-refractivity contribution in [1.82, 2.24) is 0 Å². The van der Waals surface area contributed by atoms with Crippen LogP contribution in [0.2, 0.25) is 0 Å². The van der Waals surface area contributed by atoms with Gasteiger partial charge >= 0.3 is 19.5 Å². The molecular weight excluding hydrogens is 125 g/mol. The number of hydrogen-bond donors (Lipinski definition) is 0. The Kier molecular flexibility index (Phi) is 7.08. The van der Waals surface area contributed by atoms with E-state index in [4.69, 9.17) is 0 Å². The fourth-order valence-corrected chi connectivity index (χ4v) is 0. The molecule has 0 saturated carbocycles. The van der Waals surface area contributed by atoms with Gasteiger partial charge in [0.25, 0.3) is 0 Å². The van der Waals surface area contributed by atoms with Gasteiger partial charge in [-0.1, -0.05) is 0 Å². The molecule has 0 bridgehead atoms. The molecule has 0 aliphatic carbocycles. The van der Waals surface area contributed by atoms with E-state index < -0.39 is 0 Å². The van der Waals surface area contributed by atoms with Crippen LogP contribution in [0.3, 0.4) is 0 Å². The third-order valence-electron chi connectivity index (χ3n) is 0.0816. The van der Waals surface area contributed by atoms with Crippen LogP contribution in [-0.2, 0) is 29.9 Å².